The third-order valence-corrected chi connectivity index (χ3v) is 6.71. The van der Waals surface area contributed by atoms with Crippen LogP contribution in [0, 0.1) is 23.8 Å². The molecule has 7 nitrogen and oxygen atoms in total. The van der Waals surface area contributed by atoms with Gasteiger partial charge in [-0.3, -0.25) is 14.5 Å². The van der Waals surface area contributed by atoms with Gasteiger partial charge in [0.05, 0.1) is 37.0 Å². The van der Waals surface area contributed by atoms with Crippen LogP contribution in [0.2, 0.25) is 0 Å². The summed E-state index contributed by atoms with van der Waals surface area (Å²) in [5.74, 6) is -3.94. The summed E-state index contributed by atoms with van der Waals surface area (Å²) < 4.78 is 46.0. The van der Waals surface area contributed by atoms with Crippen LogP contribution in [0.4, 0.5) is 18.9 Å². The van der Waals surface area contributed by atoms with E-state index in [1.807, 2.05) is 36.4 Å². The number of hydrogen-bond donors (Lipinski definition) is 1. The molecule has 41 heavy (non-hydrogen) atoms. The molecule has 2 amide bonds. The molecule has 1 N–H and O–H groups in total. The molecule has 0 radical (unpaired) electrons. The average Bonchev–Trinajstić information content (AvgIpc) is 2.97. The van der Waals surface area contributed by atoms with Crippen molar-refractivity contribution < 1.29 is 27.5 Å². The Morgan fingerprint density at radius 1 is 1.10 bits per heavy atom. The van der Waals surface area contributed by atoms with E-state index in [9.17, 15) is 28.0 Å². The minimum absolute atomic E-state index is 0.0344. The molecule has 0 aliphatic carbocycles. The van der Waals surface area contributed by atoms with E-state index in [4.69, 9.17) is 11.3 Å². The number of rotatable bonds is 8. The lowest BCUT2D eigenvalue weighted by Crippen LogP contribution is -2.50. The lowest BCUT2D eigenvalue weighted by atomic mass is 9.78. The third-order valence-electron chi connectivity index (χ3n) is 6.71. The number of benzene rings is 3. The number of hydrogen-bond acceptors (Lipinski definition) is 4. The van der Waals surface area contributed by atoms with Gasteiger partial charge in [-0.25, -0.2) is 4.85 Å². The third kappa shape index (κ3) is 6.46. The second kappa shape index (κ2) is 12.5. The van der Waals surface area contributed by atoms with Gasteiger partial charge in [-0.15, -0.1) is 0 Å². The lowest BCUT2D eigenvalue weighted by molar-refractivity contribution is -0.138. The lowest BCUT2D eigenvalue weighted by Gasteiger charge is -2.38. The highest BCUT2D eigenvalue weighted by Gasteiger charge is 2.47. The fourth-order valence-electron chi connectivity index (χ4n) is 4.74. The molecule has 0 bridgehead atoms. The summed E-state index contributed by atoms with van der Waals surface area (Å²) in [5, 5.41) is 11.9. The quantitative estimate of drug-likeness (QED) is 0.215. The molecule has 2 unspecified atom stereocenters. The number of ether oxygens (including phenoxy) is 1. The molecule has 0 spiro atoms. The highest BCUT2D eigenvalue weighted by molar-refractivity contribution is 6.11. The fraction of sp³-hybridized carbons (Fsp3) is 0.226. The van der Waals surface area contributed by atoms with E-state index in [0.29, 0.717) is 17.7 Å². The van der Waals surface area contributed by atoms with E-state index in [0.717, 1.165) is 22.6 Å². The Hall–Kier alpha value is -4.93. The van der Waals surface area contributed by atoms with Crippen molar-refractivity contribution in [2.75, 3.05) is 18.1 Å². The number of alkyl halides is 3. The number of carbonyl (C=O) groups excluding carboxylic acids is 2. The van der Waals surface area contributed by atoms with E-state index < -0.39 is 35.4 Å². The maximum Gasteiger partial charge on any atom is 0.416 e. The number of carbonyl (C=O) groups is 2. The number of nitrogens with one attached hydrogen (secondary N) is 1. The molecule has 1 heterocycles. The van der Waals surface area contributed by atoms with Crippen molar-refractivity contribution in [3.63, 3.8) is 0 Å². The minimum atomic E-state index is -4.66. The molecule has 0 aromatic heterocycles. The number of allylic oxidation sites excluding steroid dienone is 2. The number of nitriles is 1. The number of anilines is 1. The first kappa shape index (κ1) is 29.1. The van der Waals surface area contributed by atoms with Gasteiger partial charge in [-0.05, 0) is 48.4 Å². The Balaban J connectivity index is 1.67. The summed E-state index contributed by atoms with van der Waals surface area (Å²) in [4.78, 5) is 32.1. The molecule has 1 aliphatic heterocycles. The smallest absolute Gasteiger partial charge is 0.375 e. The number of halogens is 3. The van der Waals surface area contributed by atoms with Crippen LogP contribution in [0.15, 0.2) is 90.3 Å². The molecule has 2 atom stereocenters. The van der Waals surface area contributed by atoms with Gasteiger partial charge < -0.3 is 10.1 Å². The fourth-order valence-corrected chi connectivity index (χ4v) is 4.74. The predicted molar refractivity (Wildman–Crippen MR) is 145 cm³/mol. The van der Waals surface area contributed by atoms with Crippen LogP contribution in [-0.2, 0) is 27.1 Å². The summed E-state index contributed by atoms with van der Waals surface area (Å²) in [5.41, 5.74) is 0.828. The standard InChI is InChI=1S/C31H25F3N4O3/c1-20-28(36-2)26(23-13-11-21(18-35)12-14-23)27(29(39)37-15-16-41-19-22-7-4-3-5-8-22)30(40)38(20)25-10-6-9-24(17-25)31(32,33)34/h3-14,17,26-27H,15-16,19H2,1H3,(H,37,39). The Labute approximate surface area is 235 Å². The molecule has 1 aliphatic rings. The van der Waals surface area contributed by atoms with E-state index in [1.165, 1.54) is 31.2 Å². The number of amides is 2. The molecular formula is C31H25F3N4O3. The summed E-state index contributed by atoms with van der Waals surface area (Å²) >= 11 is 0. The molecule has 3 aromatic rings. The van der Waals surface area contributed by atoms with Crippen molar-refractivity contribution in [1.29, 1.82) is 5.26 Å². The Bertz CT molecular complexity index is 1540. The van der Waals surface area contributed by atoms with Crippen LogP contribution in [0.25, 0.3) is 4.85 Å². The van der Waals surface area contributed by atoms with Crippen molar-refractivity contribution >= 4 is 17.5 Å². The largest absolute Gasteiger partial charge is 0.416 e. The SMILES string of the molecule is [C-]#[N+]C1=C(C)N(c2cccc(C(F)(F)F)c2)C(=O)C(C(=O)NCCOCc2ccccc2)C1c1ccc(C#N)cc1. The second-order valence-electron chi connectivity index (χ2n) is 9.32. The summed E-state index contributed by atoms with van der Waals surface area (Å²) in [6.07, 6.45) is -4.66. The van der Waals surface area contributed by atoms with Gasteiger partial charge in [0.25, 0.3) is 0 Å². The van der Waals surface area contributed by atoms with Gasteiger partial charge in [-0.2, -0.15) is 18.4 Å². The van der Waals surface area contributed by atoms with Crippen LogP contribution in [0.3, 0.4) is 0 Å². The van der Waals surface area contributed by atoms with Crippen LogP contribution >= 0.6 is 0 Å². The van der Waals surface area contributed by atoms with E-state index >= 15 is 0 Å². The molecule has 0 saturated heterocycles. The Morgan fingerprint density at radius 3 is 2.44 bits per heavy atom. The highest BCUT2D eigenvalue weighted by atomic mass is 19.4. The zero-order valence-corrected chi connectivity index (χ0v) is 22.0. The van der Waals surface area contributed by atoms with Gasteiger partial charge in [0, 0.05) is 23.8 Å². The van der Waals surface area contributed by atoms with Crippen molar-refractivity contribution in [2.24, 2.45) is 5.92 Å². The van der Waals surface area contributed by atoms with Gasteiger partial charge in [0.1, 0.15) is 5.92 Å². The monoisotopic (exact) mass is 558 g/mol. The summed E-state index contributed by atoms with van der Waals surface area (Å²) in [6.45, 7) is 9.89. The van der Waals surface area contributed by atoms with Crippen LogP contribution in [0.5, 0.6) is 0 Å². The van der Waals surface area contributed by atoms with Gasteiger partial charge in [0.15, 0.2) is 5.70 Å². The van der Waals surface area contributed by atoms with E-state index in [2.05, 4.69) is 10.2 Å². The van der Waals surface area contributed by atoms with Crippen molar-refractivity contribution in [1.82, 2.24) is 5.32 Å². The van der Waals surface area contributed by atoms with Crippen LogP contribution in [-0.4, -0.2) is 25.0 Å². The van der Waals surface area contributed by atoms with E-state index in [-0.39, 0.29) is 30.2 Å². The topological polar surface area (TPSA) is 86.8 Å². The molecular weight excluding hydrogens is 533 g/mol. The molecule has 0 saturated carbocycles. The molecule has 0 fully saturated rings. The second-order valence-corrected chi connectivity index (χ2v) is 9.32. The summed E-state index contributed by atoms with van der Waals surface area (Å²) in [6, 6.07) is 21.8. The maximum absolute atomic E-state index is 13.9. The maximum atomic E-state index is 13.9. The minimum Gasteiger partial charge on any atom is -0.375 e. The first-order valence-corrected chi connectivity index (χ1v) is 12.6. The Morgan fingerprint density at radius 2 is 1.80 bits per heavy atom. The van der Waals surface area contributed by atoms with Crippen molar-refractivity contribution in [3.05, 3.63) is 124 Å². The Kier molecular flexibility index (Phi) is 8.86. The predicted octanol–water partition coefficient (Wildman–Crippen LogP) is 5.81. The van der Waals surface area contributed by atoms with Gasteiger partial charge in [0.2, 0.25) is 11.8 Å². The normalized spacial score (nSPS) is 17.1. The van der Waals surface area contributed by atoms with Crippen molar-refractivity contribution in [2.45, 2.75) is 25.6 Å². The molecule has 10 heteroatoms. The zero-order chi connectivity index (χ0) is 29.6. The van der Waals surface area contributed by atoms with Gasteiger partial charge in [-0.1, -0.05) is 48.5 Å². The summed E-state index contributed by atoms with van der Waals surface area (Å²) in [7, 11) is 0. The molecule has 208 valence electrons. The zero-order valence-electron chi connectivity index (χ0n) is 22.0. The first-order chi connectivity index (χ1) is 19.7. The average molecular weight is 559 g/mol. The van der Waals surface area contributed by atoms with Crippen LogP contribution < -0.4 is 10.2 Å². The molecule has 4 rings (SSSR count). The van der Waals surface area contributed by atoms with E-state index in [1.54, 1.807) is 12.1 Å². The molecule has 3 aromatic carbocycles. The highest BCUT2D eigenvalue weighted by Crippen LogP contribution is 2.43. The number of nitrogens with zero attached hydrogens (tertiary/aromatic N) is 3. The van der Waals surface area contributed by atoms with Gasteiger partial charge >= 0.3 is 6.18 Å². The van der Waals surface area contributed by atoms with Crippen molar-refractivity contribution in [3.8, 4) is 6.07 Å². The van der Waals surface area contributed by atoms with Crippen LogP contribution in [0.1, 0.15) is 35.1 Å². The first-order valence-electron chi connectivity index (χ1n) is 12.6.